The van der Waals surface area contributed by atoms with Gasteiger partial charge >= 0.3 is 0 Å². The van der Waals surface area contributed by atoms with Gasteiger partial charge in [-0.15, -0.1) is 11.3 Å². The summed E-state index contributed by atoms with van der Waals surface area (Å²) in [6.45, 7) is 0. The second-order valence-electron chi connectivity index (χ2n) is 8.65. The van der Waals surface area contributed by atoms with Crippen molar-refractivity contribution in [3.8, 4) is 0 Å². The molecule has 1 unspecified atom stereocenters. The van der Waals surface area contributed by atoms with Crippen LogP contribution in [-0.2, 0) is 0 Å². The lowest BCUT2D eigenvalue weighted by atomic mass is 9.49. The van der Waals surface area contributed by atoms with Gasteiger partial charge in [0.2, 0.25) is 0 Å². The number of hydrogen-bond donors (Lipinski definition) is 1. The maximum Gasteiger partial charge on any atom is 0.268 e. The van der Waals surface area contributed by atoms with Crippen molar-refractivity contribution in [3.63, 3.8) is 0 Å². The molecule has 142 valence electrons. The molecule has 2 atom stereocenters. The number of hydrogen-bond acceptors (Lipinski definition) is 3. The Morgan fingerprint density at radius 2 is 2.04 bits per heavy atom. The maximum absolute atomic E-state index is 12.8. The van der Waals surface area contributed by atoms with E-state index in [9.17, 15) is 4.79 Å². The van der Waals surface area contributed by atoms with Gasteiger partial charge in [0.25, 0.3) is 5.56 Å². The first-order valence-electron chi connectivity index (χ1n) is 10.1. The van der Waals surface area contributed by atoms with Crippen LogP contribution in [0.15, 0.2) is 45.0 Å². The third-order valence-corrected chi connectivity index (χ3v) is 9.05. The molecule has 4 aliphatic rings. The highest BCUT2D eigenvalue weighted by Crippen LogP contribution is 2.64. The first kappa shape index (κ1) is 17.2. The number of benzene rings is 1. The smallest absolute Gasteiger partial charge is 0.268 e. The lowest BCUT2D eigenvalue weighted by Crippen LogP contribution is -2.45. The number of aromatic amines is 1. The Bertz CT molecular complexity index is 1170. The highest BCUT2D eigenvalue weighted by molar-refractivity contribution is 9.11. The molecule has 2 aromatic heterocycles. The van der Waals surface area contributed by atoms with Gasteiger partial charge in [-0.2, -0.15) is 0 Å². The molecular formula is C23H21BrN2OS. The minimum absolute atomic E-state index is 0.00895. The highest BCUT2D eigenvalue weighted by Gasteiger charge is 2.54. The SMILES string of the molecule is O=c1[nH]c([C@H]2CC3CCC2(C2C=Cc4ccccc42)CC3)nc2cc(Br)sc12. The van der Waals surface area contributed by atoms with Crippen molar-refractivity contribution < 1.29 is 0 Å². The van der Waals surface area contributed by atoms with Crippen molar-refractivity contribution >= 4 is 43.6 Å². The lowest BCUT2D eigenvalue weighted by molar-refractivity contribution is 0.0201. The van der Waals surface area contributed by atoms with Crippen LogP contribution in [0.4, 0.5) is 0 Å². The normalized spacial score (nSPS) is 30.8. The van der Waals surface area contributed by atoms with Gasteiger partial charge in [-0.05, 0) is 76.6 Å². The van der Waals surface area contributed by atoms with Crippen molar-refractivity contribution in [1.29, 1.82) is 0 Å². The van der Waals surface area contributed by atoms with E-state index in [1.807, 2.05) is 6.07 Å². The molecule has 28 heavy (non-hydrogen) atoms. The second-order valence-corrected chi connectivity index (χ2v) is 11.1. The highest BCUT2D eigenvalue weighted by atomic mass is 79.9. The van der Waals surface area contributed by atoms with Crippen LogP contribution in [0.25, 0.3) is 16.3 Å². The first-order chi connectivity index (χ1) is 13.6. The topological polar surface area (TPSA) is 45.8 Å². The largest absolute Gasteiger partial charge is 0.309 e. The Morgan fingerprint density at radius 3 is 2.89 bits per heavy atom. The summed E-state index contributed by atoms with van der Waals surface area (Å²) in [5, 5.41) is 0. The number of nitrogens with zero attached hydrogens (tertiary/aromatic N) is 1. The summed E-state index contributed by atoms with van der Waals surface area (Å²) >= 11 is 4.97. The monoisotopic (exact) mass is 452 g/mol. The number of aromatic nitrogens is 2. The van der Waals surface area contributed by atoms with E-state index in [0.29, 0.717) is 11.8 Å². The average molecular weight is 453 g/mol. The number of halogens is 1. The molecule has 0 aliphatic heterocycles. The fourth-order valence-electron chi connectivity index (χ4n) is 6.12. The quantitative estimate of drug-likeness (QED) is 0.501. The first-order valence-corrected chi connectivity index (χ1v) is 11.7. The molecule has 1 N–H and O–H groups in total. The number of thiophene rings is 1. The minimum atomic E-state index is 0.00895. The molecule has 2 bridgehead atoms. The van der Waals surface area contributed by atoms with E-state index in [1.54, 1.807) is 0 Å². The molecule has 3 aromatic rings. The number of H-pyrrole nitrogens is 1. The predicted octanol–water partition coefficient (Wildman–Crippen LogP) is 6.22. The van der Waals surface area contributed by atoms with Gasteiger partial charge in [0.15, 0.2) is 0 Å². The number of fused-ring (bicyclic) bond motifs is 5. The third-order valence-electron chi connectivity index (χ3n) is 7.42. The van der Waals surface area contributed by atoms with Crippen LogP contribution in [0.1, 0.15) is 60.9 Å². The number of rotatable bonds is 2. The fraction of sp³-hybridized carbons (Fsp3) is 0.391. The Labute approximate surface area is 176 Å². The Hall–Kier alpha value is -1.72. The van der Waals surface area contributed by atoms with Gasteiger partial charge in [-0.25, -0.2) is 4.98 Å². The molecular weight excluding hydrogens is 432 g/mol. The van der Waals surface area contributed by atoms with Crippen LogP contribution in [0.3, 0.4) is 0 Å². The molecule has 1 aromatic carbocycles. The van der Waals surface area contributed by atoms with Crippen molar-refractivity contribution in [3.05, 3.63) is 67.5 Å². The van der Waals surface area contributed by atoms with Gasteiger partial charge < -0.3 is 4.98 Å². The van der Waals surface area contributed by atoms with Crippen LogP contribution in [-0.4, -0.2) is 9.97 Å². The second kappa shape index (κ2) is 6.14. The molecule has 0 spiro atoms. The van der Waals surface area contributed by atoms with E-state index < -0.39 is 0 Å². The molecule has 3 nitrogen and oxygen atoms in total. The van der Waals surface area contributed by atoms with E-state index in [0.717, 1.165) is 32.2 Å². The Balaban J connectivity index is 1.51. The van der Waals surface area contributed by atoms with Gasteiger partial charge in [0.05, 0.1) is 9.30 Å². The summed E-state index contributed by atoms with van der Waals surface area (Å²) in [7, 11) is 0. The van der Waals surface area contributed by atoms with E-state index in [4.69, 9.17) is 4.98 Å². The molecule has 0 amide bonds. The Kier molecular flexibility index (Phi) is 3.76. The van der Waals surface area contributed by atoms with E-state index >= 15 is 0 Å². The van der Waals surface area contributed by atoms with Crippen LogP contribution in [0.5, 0.6) is 0 Å². The Morgan fingerprint density at radius 1 is 1.21 bits per heavy atom. The lowest BCUT2D eigenvalue weighted by Gasteiger charge is -2.54. The third kappa shape index (κ3) is 2.38. The molecule has 2 heterocycles. The standard InChI is InChI=1S/C23H21BrN2OS/c24-19-12-18-20(28-19)22(27)26-21(25-18)17-11-13-7-9-23(17,10-8-13)16-6-5-14-3-1-2-4-15(14)16/h1-6,12-13,16-17H,7-11H2,(H,25,26,27)/t13?,16?,17-,23?/m1/s1. The van der Waals surface area contributed by atoms with E-state index in [2.05, 4.69) is 57.3 Å². The van der Waals surface area contributed by atoms with Gasteiger partial charge in [-0.3, -0.25) is 4.79 Å². The molecule has 4 aliphatic carbocycles. The predicted molar refractivity (Wildman–Crippen MR) is 118 cm³/mol. The molecule has 5 heteroatoms. The number of allylic oxidation sites excluding steroid dienone is 1. The summed E-state index contributed by atoms with van der Waals surface area (Å²) in [6, 6.07) is 10.8. The maximum atomic E-state index is 12.8. The molecule has 3 saturated carbocycles. The van der Waals surface area contributed by atoms with Gasteiger partial charge in [0.1, 0.15) is 10.5 Å². The van der Waals surface area contributed by atoms with Crippen LogP contribution in [0, 0.1) is 11.3 Å². The van der Waals surface area contributed by atoms with Gasteiger partial charge in [0, 0.05) is 11.8 Å². The van der Waals surface area contributed by atoms with Crippen molar-refractivity contribution in [2.75, 3.05) is 0 Å². The summed E-state index contributed by atoms with van der Waals surface area (Å²) < 4.78 is 1.68. The zero-order valence-corrected chi connectivity index (χ0v) is 17.9. The summed E-state index contributed by atoms with van der Waals surface area (Å²) in [6.07, 6.45) is 10.9. The van der Waals surface area contributed by atoms with Crippen LogP contribution in [0.2, 0.25) is 0 Å². The summed E-state index contributed by atoms with van der Waals surface area (Å²) in [4.78, 5) is 20.9. The molecule has 7 rings (SSSR count). The summed E-state index contributed by atoms with van der Waals surface area (Å²) in [5.41, 5.74) is 3.81. The van der Waals surface area contributed by atoms with E-state index in [1.165, 1.54) is 48.1 Å². The molecule has 0 radical (unpaired) electrons. The molecule has 0 saturated heterocycles. The summed E-state index contributed by atoms with van der Waals surface area (Å²) in [5.74, 6) is 2.41. The zero-order chi connectivity index (χ0) is 18.9. The minimum Gasteiger partial charge on any atom is -0.309 e. The number of nitrogens with one attached hydrogen (secondary N) is 1. The van der Waals surface area contributed by atoms with Crippen molar-refractivity contribution in [2.24, 2.45) is 11.3 Å². The average Bonchev–Trinajstić information content (AvgIpc) is 3.32. The zero-order valence-electron chi connectivity index (χ0n) is 15.5. The fourth-order valence-corrected chi connectivity index (χ4v) is 7.54. The van der Waals surface area contributed by atoms with Crippen LogP contribution < -0.4 is 5.56 Å². The van der Waals surface area contributed by atoms with Crippen molar-refractivity contribution in [2.45, 2.75) is 43.9 Å². The van der Waals surface area contributed by atoms with Crippen LogP contribution >= 0.6 is 27.3 Å². The van der Waals surface area contributed by atoms with E-state index in [-0.39, 0.29) is 11.0 Å². The van der Waals surface area contributed by atoms with Crippen molar-refractivity contribution in [1.82, 2.24) is 9.97 Å². The van der Waals surface area contributed by atoms with Gasteiger partial charge in [-0.1, -0.05) is 36.4 Å². The molecule has 3 fully saturated rings.